The lowest BCUT2D eigenvalue weighted by molar-refractivity contribution is 0.102. The zero-order chi connectivity index (χ0) is 24.8. The number of halogens is 1. The summed E-state index contributed by atoms with van der Waals surface area (Å²) in [5.41, 5.74) is 5.78. The molecule has 0 radical (unpaired) electrons. The largest absolute Gasteiger partial charge is 0.348 e. The predicted octanol–water partition coefficient (Wildman–Crippen LogP) is 4.01. The number of carbonyl (C=O) groups excluding carboxylic acids is 1. The van der Waals surface area contributed by atoms with Gasteiger partial charge in [-0.3, -0.25) is 4.79 Å². The van der Waals surface area contributed by atoms with Crippen LogP contribution in [0.3, 0.4) is 0 Å². The lowest BCUT2D eigenvalue weighted by Crippen LogP contribution is -2.37. The molecule has 9 nitrogen and oxygen atoms in total. The minimum Gasteiger partial charge on any atom is -0.348 e. The van der Waals surface area contributed by atoms with Crippen molar-refractivity contribution in [1.29, 1.82) is 0 Å². The third-order valence-electron chi connectivity index (χ3n) is 6.56. The van der Waals surface area contributed by atoms with Gasteiger partial charge in [-0.15, -0.1) is 0 Å². The first-order chi connectivity index (χ1) is 17.5. The Kier molecular flexibility index (Phi) is 5.21. The van der Waals surface area contributed by atoms with Crippen LogP contribution in [0, 0.1) is 19.7 Å². The van der Waals surface area contributed by atoms with Gasteiger partial charge in [0.25, 0.3) is 5.91 Å². The molecule has 1 aliphatic heterocycles. The maximum absolute atomic E-state index is 14.4. The molecule has 10 heteroatoms. The number of pyridine rings is 1. The maximum Gasteiger partial charge on any atom is 0.275 e. The van der Waals surface area contributed by atoms with E-state index in [1.807, 2.05) is 36.9 Å². The van der Waals surface area contributed by atoms with E-state index in [0.29, 0.717) is 23.6 Å². The van der Waals surface area contributed by atoms with E-state index < -0.39 is 0 Å². The van der Waals surface area contributed by atoms with Gasteiger partial charge in [0.1, 0.15) is 28.9 Å². The Morgan fingerprint density at radius 1 is 1.11 bits per heavy atom. The number of aryl methyl sites for hydroxylation is 2. The van der Waals surface area contributed by atoms with Crippen molar-refractivity contribution in [1.82, 2.24) is 29.5 Å². The Bertz CT molecular complexity index is 1570. The molecular weight excluding hydrogens is 459 g/mol. The highest BCUT2D eigenvalue weighted by molar-refractivity contribution is 6.03. The lowest BCUT2D eigenvalue weighted by Gasteiger charge is -2.34. The number of carbonyl (C=O) groups is 1. The fourth-order valence-corrected chi connectivity index (χ4v) is 4.73. The lowest BCUT2D eigenvalue weighted by atomic mass is 10.00. The van der Waals surface area contributed by atoms with E-state index in [9.17, 15) is 9.18 Å². The first-order valence-electron chi connectivity index (χ1n) is 11.6. The topological polar surface area (TPSA) is 104 Å². The normalized spacial score (nSPS) is 15.2. The zero-order valence-corrected chi connectivity index (χ0v) is 19.7. The number of nitrogens with zero attached hydrogens (tertiary/aromatic N) is 6. The first-order valence-corrected chi connectivity index (χ1v) is 11.6. The SMILES string of the molecule is Cc1cccc(C)c1NC(=O)c1cnc(N2CCc3[nH]cnc3[C@@H]2c2cc3c(F)cccn3n2)cn1. The highest BCUT2D eigenvalue weighted by atomic mass is 19.1. The Balaban J connectivity index is 1.33. The van der Waals surface area contributed by atoms with Crippen LogP contribution >= 0.6 is 0 Å². The average molecular weight is 483 g/mol. The molecule has 1 atom stereocenters. The van der Waals surface area contributed by atoms with Crippen LogP contribution in [0.1, 0.15) is 44.7 Å². The number of hydrogen-bond acceptors (Lipinski definition) is 6. The molecule has 0 aliphatic carbocycles. The molecule has 1 amide bonds. The molecule has 5 heterocycles. The van der Waals surface area contributed by atoms with Crippen molar-refractivity contribution < 1.29 is 9.18 Å². The van der Waals surface area contributed by atoms with Crippen LogP contribution in [0.15, 0.2) is 61.3 Å². The number of benzene rings is 1. The van der Waals surface area contributed by atoms with E-state index in [4.69, 9.17) is 0 Å². The number of aromatic amines is 1. The van der Waals surface area contributed by atoms with Crippen LogP contribution in [0.2, 0.25) is 0 Å². The van der Waals surface area contributed by atoms with Gasteiger partial charge in [-0.2, -0.15) is 5.10 Å². The summed E-state index contributed by atoms with van der Waals surface area (Å²) >= 11 is 0. The van der Waals surface area contributed by atoms with Crippen LogP contribution in [0.5, 0.6) is 0 Å². The van der Waals surface area contributed by atoms with Gasteiger partial charge in [0.05, 0.1) is 30.1 Å². The molecular formula is C26H23FN8O. The van der Waals surface area contributed by atoms with Gasteiger partial charge in [0.15, 0.2) is 0 Å². The Labute approximate surface area is 206 Å². The summed E-state index contributed by atoms with van der Waals surface area (Å²) in [5, 5.41) is 7.57. The smallest absolute Gasteiger partial charge is 0.275 e. The minimum atomic E-state index is -0.386. The summed E-state index contributed by atoms with van der Waals surface area (Å²) in [5.74, 6) is -0.0956. The fraction of sp³-hybridized carbons (Fsp3) is 0.192. The number of rotatable bonds is 4. The molecule has 6 rings (SSSR count). The van der Waals surface area contributed by atoms with Gasteiger partial charge in [-0.05, 0) is 43.2 Å². The molecule has 0 saturated carbocycles. The molecule has 0 saturated heterocycles. The molecule has 0 fully saturated rings. The van der Waals surface area contributed by atoms with E-state index in [0.717, 1.165) is 34.6 Å². The summed E-state index contributed by atoms with van der Waals surface area (Å²) < 4.78 is 15.9. The maximum atomic E-state index is 14.4. The molecule has 1 aliphatic rings. The number of hydrogen-bond donors (Lipinski definition) is 2. The molecule has 36 heavy (non-hydrogen) atoms. The number of para-hydroxylation sites is 1. The number of fused-ring (bicyclic) bond motifs is 2. The fourth-order valence-electron chi connectivity index (χ4n) is 4.73. The zero-order valence-electron chi connectivity index (χ0n) is 19.7. The summed E-state index contributed by atoms with van der Waals surface area (Å²) in [6, 6.07) is 10.2. The standard InChI is InChI=1S/C26H23FN8O/c1-15-5-3-6-16(2)23(15)32-26(36)20-12-29-22(13-28-20)34-10-8-18-24(31-14-30-18)25(34)19-11-21-17(27)7-4-9-35(21)33-19/h3-7,9,11-14,25H,8,10H2,1-2H3,(H,30,31)(H,32,36)/t25-/m0/s1. The van der Waals surface area contributed by atoms with Gasteiger partial charge >= 0.3 is 0 Å². The second-order valence-electron chi connectivity index (χ2n) is 8.85. The molecule has 180 valence electrons. The van der Waals surface area contributed by atoms with Crippen molar-refractivity contribution in [3.05, 3.63) is 101 Å². The number of aromatic nitrogens is 6. The van der Waals surface area contributed by atoms with Gasteiger partial charge < -0.3 is 15.2 Å². The molecule has 4 aromatic heterocycles. The van der Waals surface area contributed by atoms with E-state index in [-0.39, 0.29) is 23.5 Å². The average Bonchev–Trinajstić information content (AvgIpc) is 3.54. The number of imidazole rings is 1. The molecule has 0 bridgehead atoms. The molecule has 0 unspecified atom stereocenters. The van der Waals surface area contributed by atoms with Crippen molar-refractivity contribution in [3.8, 4) is 0 Å². The number of H-pyrrole nitrogens is 1. The van der Waals surface area contributed by atoms with Crippen LogP contribution in [-0.4, -0.2) is 42.0 Å². The highest BCUT2D eigenvalue weighted by Gasteiger charge is 2.34. The van der Waals surface area contributed by atoms with Crippen molar-refractivity contribution in [2.24, 2.45) is 0 Å². The van der Waals surface area contributed by atoms with Crippen LogP contribution in [0.4, 0.5) is 15.9 Å². The van der Waals surface area contributed by atoms with Crippen molar-refractivity contribution >= 4 is 22.9 Å². The second kappa shape index (κ2) is 8.56. The summed E-state index contributed by atoms with van der Waals surface area (Å²) in [6.45, 7) is 4.52. The summed E-state index contributed by atoms with van der Waals surface area (Å²) in [7, 11) is 0. The molecule has 2 N–H and O–H groups in total. The van der Waals surface area contributed by atoms with E-state index in [2.05, 4.69) is 30.4 Å². The Morgan fingerprint density at radius 2 is 1.94 bits per heavy atom. The second-order valence-corrected chi connectivity index (χ2v) is 8.85. The number of anilines is 2. The van der Waals surface area contributed by atoms with Gasteiger partial charge in [-0.25, -0.2) is 23.9 Å². The number of amides is 1. The molecule has 1 aromatic carbocycles. The minimum absolute atomic E-state index is 0.213. The summed E-state index contributed by atoms with van der Waals surface area (Å²) in [4.78, 5) is 31.6. The third kappa shape index (κ3) is 3.67. The van der Waals surface area contributed by atoms with E-state index >= 15 is 0 Å². The highest BCUT2D eigenvalue weighted by Crippen LogP contribution is 2.36. The van der Waals surface area contributed by atoms with E-state index in [1.54, 1.807) is 30.9 Å². The molecule has 0 spiro atoms. The predicted molar refractivity (Wildman–Crippen MR) is 133 cm³/mol. The Morgan fingerprint density at radius 3 is 2.69 bits per heavy atom. The van der Waals surface area contributed by atoms with Gasteiger partial charge in [-0.1, -0.05) is 18.2 Å². The quantitative estimate of drug-likeness (QED) is 0.401. The van der Waals surface area contributed by atoms with Crippen molar-refractivity contribution in [2.45, 2.75) is 26.3 Å². The van der Waals surface area contributed by atoms with Crippen molar-refractivity contribution in [3.63, 3.8) is 0 Å². The third-order valence-corrected chi connectivity index (χ3v) is 6.56. The monoisotopic (exact) mass is 482 g/mol. The van der Waals surface area contributed by atoms with Gasteiger partial charge in [0.2, 0.25) is 0 Å². The van der Waals surface area contributed by atoms with Crippen LogP contribution in [0.25, 0.3) is 5.52 Å². The van der Waals surface area contributed by atoms with Crippen LogP contribution < -0.4 is 10.2 Å². The van der Waals surface area contributed by atoms with Crippen molar-refractivity contribution in [2.75, 3.05) is 16.8 Å². The first kappa shape index (κ1) is 21.9. The number of nitrogens with one attached hydrogen (secondary N) is 2. The molecule has 5 aromatic rings. The van der Waals surface area contributed by atoms with Crippen LogP contribution in [-0.2, 0) is 6.42 Å². The van der Waals surface area contributed by atoms with E-state index in [1.165, 1.54) is 16.8 Å². The summed E-state index contributed by atoms with van der Waals surface area (Å²) in [6.07, 6.45) is 7.15. The Hall–Kier alpha value is -4.60. The van der Waals surface area contributed by atoms with Gasteiger partial charge in [0, 0.05) is 30.5 Å².